The van der Waals surface area contributed by atoms with Crippen LogP contribution in [0, 0.1) is 0 Å². The second kappa shape index (κ2) is 5.31. The number of amides is 1. The van der Waals surface area contributed by atoms with Crippen LogP contribution in [0.2, 0.25) is 0 Å². The number of anilines is 1. The maximum absolute atomic E-state index is 11.4. The van der Waals surface area contributed by atoms with Crippen molar-refractivity contribution in [3.63, 3.8) is 0 Å². The van der Waals surface area contributed by atoms with Gasteiger partial charge in [-0.2, -0.15) is 0 Å². The molecular weight excluding hydrogens is 278 g/mol. The highest BCUT2D eigenvalue weighted by molar-refractivity contribution is 7.16. The van der Waals surface area contributed by atoms with E-state index in [9.17, 15) is 4.79 Å². The predicted molar refractivity (Wildman–Crippen MR) is 76.0 cm³/mol. The first kappa shape index (κ1) is 13.2. The lowest BCUT2D eigenvalue weighted by atomic mass is 10.2. The third-order valence-corrected chi connectivity index (χ3v) is 4.12. The predicted octanol–water partition coefficient (Wildman–Crippen LogP) is -0.0404. The van der Waals surface area contributed by atoms with Crippen LogP contribution in [-0.4, -0.2) is 46.6 Å². The highest BCUT2D eigenvalue weighted by atomic mass is 32.1. The lowest BCUT2D eigenvalue weighted by molar-refractivity contribution is -0.129. The Morgan fingerprint density at radius 1 is 1.55 bits per heavy atom. The summed E-state index contributed by atoms with van der Waals surface area (Å²) in [7, 11) is 0. The molecule has 0 aromatic carbocycles. The standard InChI is InChI=1S/C12H15N5O2S/c13-10-7-1-4-20-12(7)16-9(15-10)5-17-2-3-19-6-8(17)11(14)18/h1,4,8H,2-3,5-6H2,(H2,14,18)(H2,13,15,16). The number of hydrogen-bond donors (Lipinski definition) is 2. The molecule has 0 bridgehead atoms. The molecule has 1 saturated heterocycles. The SMILES string of the molecule is NC(=O)C1COCCN1Cc1nc(N)c2ccsc2n1. The molecule has 7 nitrogen and oxygen atoms in total. The minimum absolute atomic E-state index is 0.312. The minimum atomic E-state index is -0.437. The van der Waals surface area contributed by atoms with Crippen LogP contribution < -0.4 is 11.5 Å². The number of aromatic nitrogens is 2. The second-order valence-electron chi connectivity index (χ2n) is 4.63. The lowest BCUT2D eigenvalue weighted by Crippen LogP contribution is -2.52. The molecule has 1 atom stereocenters. The van der Waals surface area contributed by atoms with Gasteiger partial charge in [-0.1, -0.05) is 0 Å². The summed E-state index contributed by atoms with van der Waals surface area (Å²) in [5, 5.41) is 2.80. The summed E-state index contributed by atoms with van der Waals surface area (Å²) < 4.78 is 5.29. The molecule has 1 amide bonds. The van der Waals surface area contributed by atoms with Crippen LogP contribution >= 0.6 is 11.3 Å². The molecule has 3 heterocycles. The molecule has 8 heteroatoms. The van der Waals surface area contributed by atoms with E-state index in [1.807, 2.05) is 16.3 Å². The van der Waals surface area contributed by atoms with Gasteiger partial charge >= 0.3 is 0 Å². The van der Waals surface area contributed by atoms with Crippen molar-refractivity contribution in [2.24, 2.45) is 5.73 Å². The van der Waals surface area contributed by atoms with Gasteiger partial charge in [0.15, 0.2) is 0 Å². The number of carbonyl (C=O) groups is 1. The summed E-state index contributed by atoms with van der Waals surface area (Å²) in [6.45, 7) is 1.95. The molecule has 0 spiro atoms. The van der Waals surface area contributed by atoms with Gasteiger partial charge in [-0.05, 0) is 11.4 Å². The fraction of sp³-hybridized carbons (Fsp3) is 0.417. The molecular formula is C12H15N5O2S. The topological polar surface area (TPSA) is 107 Å². The number of nitrogen functional groups attached to an aromatic ring is 1. The number of nitrogens with two attached hydrogens (primary N) is 2. The minimum Gasteiger partial charge on any atom is -0.383 e. The number of hydrogen-bond acceptors (Lipinski definition) is 7. The van der Waals surface area contributed by atoms with Crippen molar-refractivity contribution in [1.29, 1.82) is 0 Å². The van der Waals surface area contributed by atoms with Gasteiger partial charge in [0.05, 0.1) is 25.1 Å². The number of carbonyl (C=O) groups excluding carboxylic acids is 1. The van der Waals surface area contributed by atoms with Gasteiger partial charge in [-0.3, -0.25) is 9.69 Å². The zero-order chi connectivity index (χ0) is 14.1. The number of primary amides is 1. The van der Waals surface area contributed by atoms with Crippen molar-refractivity contribution < 1.29 is 9.53 Å². The van der Waals surface area contributed by atoms with Crippen LogP contribution in [0.4, 0.5) is 5.82 Å². The van der Waals surface area contributed by atoms with Crippen LogP contribution in [0.5, 0.6) is 0 Å². The van der Waals surface area contributed by atoms with Gasteiger partial charge in [-0.15, -0.1) is 11.3 Å². The summed E-state index contributed by atoms with van der Waals surface area (Å²) in [6, 6.07) is 1.47. The number of nitrogens with zero attached hydrogens (tertiary/aromatic N) is 3. The molecule has 0 saturated carbocycles. The van der Waals surface area contributed by atoms with E-state index in [2.05, 4.69) is 9.97 Å². The fourth-order valence-electron chi connectivity index (χ4n) is 2.27. The first-order chi connectivity index (χ1) is 9.65. The molecule has 1 aliphatic rings. The quantitative estimate of drug-likeness (QED) is 0.822. The third-order valence-electron chi connectivity index (χ3n) is 3.31. The first-order valence-electron chi connectivity index (χ1n) is 6.26. The van der Waals surface area contributed by atoms with Gasteiger partial charge in [0.25, 0.3) is 0 Å². The Morgan fingerprint density at radius 3 is 3.20 bits per heavy atom. The van der Waals surface area contributed by atoms with Crippen molar-refractivity contribution >= 4 is 33.3 Å². The highest BCUT2D eigenvalue weighted by Gasteiger charge is 2.28. The van der Waals surface area contributed by atoms with Crippen LogP contribution in [0.15, 0.2) is 11.4 Å². The molecule has 0 radical (unpaired) electrons. The van der Waals surface area contributed by atoms with Crippen molar-refractivity contribution in [2.75, 3.05) is 25.5 Å². The number of rotatable bonds is 3. The van der Waals surface area contributed by atoms with Crippen LogP contribution in [-0.2, 0) is 16.1 Å². The van der Waals surface area contributed by atoms with E-state index >= 15 is 0 Å². The Bertz CT molecular complexity index is 644. The molecule has 4 N–H and O–H groups in total. The van der Waals surface area contributed by atoms with Crippen LogP contribution in [0.1, 0.15) is 5.82 Å². The van der Waals surface area contributed by atoms with Crippen molar-refractivity contribution in [3.8, 4) is 0 Å². The monoisotopic (exact) mass is 293 g/mol. The molecule has 3 rings (SSSR count). The van der Waals surface area contributed by atoms with E-state index in [1.54, 1.807) is 0 Å². The molecule has 2 aromatic rings. The number of ether oxygens (including phenoxy) is 1. The molecule has 1 aliphatic heterocycles. The van der Waals surface area contributed by atoms with Gasteiger partial charge in [0.1, 0.15) is 22.5 Å². The summed E-state index contributed by atoms with van der Waals surface area (Å²) in [4.78, 5) is 23.0. The van der Waals surface area contributed by atoms with Crippen molar-refractivity contribution in [1.82, 2.24) is 14.9 Å². The summed E-state index contributed by atoms with van der Waals surface area (Å²) in [5.41, 5.74) is 11.3. The van der Waals surface area contributed by atoms with Gasteiger partial charge in [0.2, 0.25) is 5.91 Å². The highest BCUT2D eigenvalue weighted by Crippen LogP contribution is 2.23. The van der Waals surface area contributed by atoms with E-state index in [1.165, 1.54) is 11.3 Å². The van der Waals surface area contributed by atoms with E-state index in [4.69, 9.17) is 16.2 Å². The molecule has 0 aliphatic carbocycles. The van der Waals surface area contributed by atoms with Gasteiger partial charge in [-0.25, -0.2) is 9.97 Å². The molecule has 1 unspecified atom stereocenters. The number of thiophene rings is 1. The van der Waals surface area contributed by atoms with Gasteiger partial charge < -0.3 is 16.2 Å². The molecule has 20 heavy (non-hydrogen) atoms. The number of fused-ring (bicyclic) bond motifs is 1. The van der Waals surface area contributed by atoms with Gasteiger partial charge in [0, 0.05) is 6.54 Å². The third kappa shape index (κ3) is 2.45. The van der Waals surface area contributed by atoms with Crippen LogP contribution in [0.3, 0.4) is 0 Å². The summed E-state index contributed by atoms with van der Waals surface area (Å²) >= 11 is 1.52. The Hall–Kier alpha value is -1.77. The molecule has 2 aromatic heterocycles. The zero-order valence-corrected chi connectivity index (χ0v) is 11.6. The van der Waals surface area contributed by atoms with Crippen molar-refractivity contribution in [3.05, 3.63) is 17.3 Å². The zero-order valence-electron chi connectivity index (χ0n) is 10.8. The number of morpholine rings is 1. The van der Waals surface area contributed by atoms with Crippen LogP contribution in [0.25, 0.3) is 10.2 Å². The van der Waals surface area contributed by atoms with Crippen molar-refractivity contribution in [2.45, 2.75) is 12.6 Å². The smallest absolute Gasteiger partial charge is 0.237 e. The maximum Gasteiger partial charge on any atom is 0.237 e. The Balaban J connectivity index is 1.85. The molecule has 106 valence electrons. The summed E-state index contributed by atoms with van der Waals surface area (Å²) in [6.07, 6.45) is 0. The Kier molecular flexibility index (Phi) is 3.51. The largest absolute Gasteiger partial charge is 0.383 e. The lowest BCUT2D eigenvalue weighted by Gasteiger charge is -2.32. The van der Waals surface area contributed by atoms with E-state index in [0.717, 1.165) is 10.2 Å². The van der Waals surface area contributed by atoms with E-state index < -0.39 is 11.9 Å². The van der Waals surface area contributed by atoms with E-state index in [0.29, 0.717) is 37.9 Å². The second-order valence-corrected chi connectivity index (χ2v) is 5.52. The Morgan fingerprint density at radius 2 is 2.40 bits per heavy atom. The van der Waals surface area contributed by atoms with E-state index in [-0.39, 0.29) is 0 Å². The Labute approximate surface area is 119 Å². The fourth-order valence-corrected chi connectivity index (χ4v) is 3.06. The summed E-state index contributed by atoms with van der Waals surface area (Å²) in [5.74, 6) is 0.676. The molecule has 1 fully saturated rings. The average Bonchev–Trinajstić information content (AvgIpc) is 2.88. The first-order valence-corrected chi connectivity index (χ1v) is 7.14. The average molecular weight is 293 g/mol. The normalized spacial score (nSPS) is 20.3. The maximum atomic E-state index is 11.4.